The van der Waals surface area contributed by atoms with Crippen LogP contribution in [0.15, 0.2) is 42.5 Å². The molecule has 3 N–H and O–H groups in total. The molecular weight excluding hydrogens is 333 g/mol. The van der Waals surface area contributed by atoms with E-state index < -0.39 is 0 Å². The normalized spacial score (nSPS) is 11.6. The molecule has 0 aromatic heterocycles. The van der Waals surface area contributed by atoms with E-state index in [4.69, 9.17) is 28.5 Å². The van der Waals surface area contributed by atoms with Gasteiger partial charge in [0.1, 0.15) is 12.1 Å². The minimum absolute atomic E-state index is 0.0109. The Morgan fingerprint density at radius 2 is 2.04 bits per heavy atom. The number of carbonyl (C=O) groups excluding carboxylic acids is 1. The number of halogens is 2. The number of quaternary nitrogens is 1. The van der Waals surface area contributed by atoms with Crippen LogP contribution in [-0.2, 0) is 4.79 Å². The molecule has 118 valence electrons. The van der Waals surface area contributed by atoms with Gasteiger partial charge >= 0.3 is 0 Å². The largest absolute Gasteiger partial charge is 0.332 e. The lowest BCUT2D eigenvalue weighted by molar-refractivity contribution is -0.682. The molecule has 2 rings (SSSR count). The molecule has 0 heterocycles. The number of nitriles is 1. The van der Waals surface area contributed by atoms with Crippen molar-refractivity contribution in [3.05, 3.63) is 63.6 Å². The number of amides is 1. The van der Waals surface area contributed by atoms with Gasteiger partial charge in [-0.1, -0.05) is 41.4 Å². The number of rotatable bonds is 5. The fraction of sp³-hybridized carbons (Fsp3) is 0.176. The first-order chi connectivity index (χ1) is 11.0. The SMILES string of the molecule is C[C@@H]([NH2+]CC(=O)Nc1ccccc1C#N)c1ccc(Cl)cc1Cl. The standard InChI is InChI=1S/C17H15Cl2N3O/c1-11(14-7-6-13(18)8-15(14)19)21-10-17(23)22-16-5-3-2-4-12(16)9-20/h2-8,11,21H,10H2,1H3,(H,22,23)/p+1/t11-/m1/s1. The summed E-state index contributed by atoms with van der Waals surface area (Å²) in [6.45, 7) is 2.19. The summed E-state index contributed by atoms with van der Waals surface area (Å²) in [5, 5.41) is 14.8. The molecule has 2 aromatic rings. The predicted octanol–water partition coefficient (Wildman–Crippen LogP) is 3.13. The zero-order chi connectivity index (χ0) is 16.8. The minimum atomic E-state index is -0.176. The third-order valence-electron chi connectivity index (χ3n) is 3.43. The van der Waals surface area contributed by atoms with Gasteiger partial charge in [0, 0.05) is 10.6 Å². The molecule has 0 unspecified atom stereocenters. The summed E-state index contributed by atoms with van der Waals surface area (Å²) >= 11 is 12.1. The second-order valence-electron chi connectivity index (χ2n) is 5.10. The highest BCUT2D eigenvalue weighted by Crippen LogP contribution is 2.24. The summed E-state index contributed by atoms with van der Waals surface area (Å²) in [4.78, 5) is 12.0. The molecule has 0 bridgehead atoms. The third-order valence-corrected chi connectivity index (χ3v) is 3.99. The number of para-hydroxylation sites is 1. The quantitative estimate of drug-likeness (QED) is 0.871. The van der Waals surface area contributed by atoms with Crippen LogP contribution in [0.3, 0.4) is 0 Å². The Bertz CT molecular complexity index is 756. The number of anilines is 1. The Labute approximate surface area is 145 Å². The van der Waals surface area contributed by atoms with Crippen LogP contribution < -0.4 is 10.6 Å². The van der Waals surface area contributed by atoms with E-state index in [2.05, 4.69) is 5.32 Å². The van der Waals surface area contributed by atoms with Crippen LogP contribution in [0, 0.1) is 11.3 Å². The molecule has 0 aliphatic carbocycles. The lowest BCUT2D eigenvalue weighted by Crippen LogP contribution is -2.86. The minimum Gasteiger partial charge on any atom is -0.332 e. The van der Waals surface area contributed by atoms with Crippen molar-refractivity contribution in [1.29, 1.82) is 5.26 Å². The van der Waals surface area contributed by atoms with Crippen LogP contribution in [0.1, 0.15) is 24.1 Å². The van der Waals surface area contributed by atoms with Gasteiger partial charge in [0.2, 0.25) is 0 Å². The fourth-order valence-corrected chi connectivity index (χ4v) is 2.75. The molecule has 0 radical (unpaired) electrons. The highest BCUT2D eigenvalue weighted by molar-refractivity contribution is 6.35. The molecule has 1 atom stereocenters. The third kappa shape index (κ3) is 4.70. The predicted molar refractivity (Wildman–Crippen MR) is 91.5 cm³/mol. The summed E-state index contributed by atoms with van der Waals surface area (Å²) in [5.41, 5.74) is 1.88. The molecule has 1 amide bonds. The van der Waals surface area contributed by atoms with Gasteiger partial charge in [-0.3, -0.25) is 4.79 Å². The second-order valence-corrected chi connectivity index (χ2v) is 5.94. The molecule has 0 fully saturated rings. The Balaban J connectivity index is 1.95. The Morgan fingerprint density at radius 1 is 1.30 bits per heavy atom. The van der Waals surface area contributed by atoms with Crippen LogP contribution in [0.25, 0.3) is 0 Å². The van der Waals surface area contributed by atoms with Crippen LogP contribution in [0.5, 0.6) is 0 Å². The number of hydrogen-bond donors (Lipinski definition) is 2. The topological polar surface area (TPSA) is 69.5 Å². The van der Waals surface area contributed by atoms with E-state index in [-0.39, 0.29) is 18.5 Å². The second kappa shape index (κ2) is 7.98. The summed E-state index contributed by atoms with van der Waals surface area (Å²) in [7, 11) is 0. The molecule has 23 heavy (non-hydrogen) atoms. The van der Waals surface area contributed by atoms with E-state index in [0.717, 1.165) is 5.56 Å². The van der Waals surface area contributed by atoms with Gasteiger partial charge in [0.15, 0.2) is 6.54 Å². The molecule has 2 aromatic carbocycles. The first-order valence-corrected chi connectivity index (χ1v) is 7.84. The van der Waals surface area contributed by atoms with E-state index in [9.17, 15) is 4.79 Å². The van der Waals surface area contributed by atoms with Crippen molar-refractivity contribution in [3.8, 4) is 6.07 Å². The van der Waals surface area contributed by atoms with Crippen LogP contribution >= 0.6 is 23.2 Å². The molecule has 4 nitrogen and oxygen atoms in total. The van der Waals surface area contributed by atoms with Gasteiger partial charge in [0.25, 0.3) is 5.91 Å². The maximum atomic E-state index is 12.0. The fourth-order valence-electron chi connectivity index (χ4n) is 2.17. The van der Waals surface area contributed by atoms with Crippen molar-refractivity contribution in [2.45, 2.75) is 13.0 Å². The number of hydrogen-bond acceptors (Lipinski definition) is 2. The highest BCUT2D eigenvalue weighted by Gasteiger charge is 2.15. The zero-order valence-electron chi connectivity index (χ0n) is 12.5. The van der Waals surface area contributed by atoms with E-state index in [1.807, 2.05) is 24.4 Å². The summed E-state index contributed by atoms with van der Waals surface area (Å²) in [5.74, 6) is -0.176. The highest BCUT2D eigenvalue weighted by atomic mass is 35.5. The van der Waals surface area contributed by atoms with Crippen LogP contribution in [0.4, 0.5) is 5.69 Å². The molecule has 6 heteroatoms. The van der Waals surface area contributed by atoms with Gasteiger partial charge in [-0.15, -0.1) is 0 Å². The molecule has 0 saturated heterocycles. The average Bonchev–Trinajstić information content (AvgIpc) is 2.53. The Hall–Kier alpha value is -2.06. The monoisotopic (exact) mass is 348 g/mol. The Kier molecular flexibility index (Phi) is 6.00. The molecule has 0 spiro atoms. The first kappa shape index (κ1) is 17.3. The summed E-state index contributed by atoms with van der Waals surface area (Å²) in [6, 6.07) is 14.3. The summed E-state index contributed by atoms with van der Waals surface area (Å²) in [6.07, 6.45) is 0. The first-order valence-electron chi connectivity index (χ1n) is 7.08. The van der Waals surface area contributed by atoms with Crippen molar-refractivity contribution in [3.63, 3.8) is 0 Å². The van der Waals surface area contributed by atoms with Gasteiger partial charge in [0.05, 0.1) is 16.3 Å². The molecule has 0 aliphatic rings. The van der Waals surface area contributed by atoms with Crippen LogP contribution in [0.2, 0.25) is 10.0 Å². The maximum absolute atomic E-state index is 12.0. The molecule has 0 aliphatic heterocycles. The summed E-state index contributed by atoms with van der Waals surface area (Å²) < 4.78 is 0. The molecular formula is C17H16Cl2N3O+. The van der Waals surface area contributed by atoms with Crippen molar-refractivity contribution in [1.82, 2.24) is 0 Å². The average molecular weight is 349 g/mol. The lowest BCUT2D eigenvalue weighted by Gasteiger charge is -2.13. The van der Waals surface area contributed by atoms with Crippen LogP contribution in [-0.4, -0.2) is 12.5 Å². The van der Waals surface area contributed by atoms with Gasteiger partial charge < -0.3 is 10.6 Å². The van der Waals surface area contributed by atoms with Crippen molar-refractivity contribution in [2.75, 3.05) is 11.9 Å². The van der Waals surface area contributed by atoms with E-state index in [1.54, 1.807) is 36.4 Å². The van der Waals surface area contributed by atoms with Gasteiger partial charge in [-0.05, 0) is 31.2 Å². The number of nitrogens with two attached hydrogens (primary N) is 1. The maximum Gasteiger partial charge on any atom is 0.279 e. The van der Waals surface area contributed by atoms with Gasteiger partial charge in [-0.25, -0.2) is 0 Å². The lowest BCUT2D eigenvalue weighted by atomic mass is 10.1. The molecule has 0 saturated carbocycles. The Morgan fingerprint density at radius 3 is 2.74 bits per heavy atom. The zero-order valence-corrected chi connectivity index (χ0v) is 14.0. The number of nitrogens with zero attached hydrogens (tertiary/aromatic N) is 1. The van der Waals surface area contributed by atoms with Crippen molar-refractivity contribution >= 4 is 34.8 Å². The number of carbonyl (C=O) groups is 1. The van der Waals surface area contributed by atoms with E-state index in [0.29, 0.717) is 21.3 Å². The van der Waals surface area contributed by atoms with Crippen molar-refractivity contribution in [2.24, 2.45) is 0 Å². The smallest absolute Gasteiger partial charge is 0.279 e. The van der Waals surface area contributed by atoms with Crippen molar-refractivity contribution < 1.29 is 10.1 Å². The number of benzene rings is 2. The van der Waals surface area contributed by atoms with E-state index in [1.165, 1.54) is 0 Å². The number of nitrogens with one attached hydrogen (secondary N) is 1. The van der Waals surface area contributed by atoms with Gasteiger partial charge in [-0.2, -0.15) is 5.26 Å². The van der Waals surface area contributed by atoms with E-state index >= 15 is 0 Å².